The third-order valence-corrected chi connectivity index (χ3v) is 2.90. The molecule has 2 aromatic heterocycles. The number of pyridine rings is 1. The molecule has 0 saturated heterocycles. The molecule has 0 aliphatic heterocycles. The van der Waals surface area contributed by atoms with Crippen LogP contribution in [-0.4, -0.2) is 15.5 Å². The third kappa shape index (κ3) is 1.16. The molecule has 0 aliphatic rings. The number of rotatable bonds is 1. The molecule has 0 unspecified atom stereocenters. The number of carbonyl (C=O) groups is 1. The summed E-state index contributed by atoms with van der Waals surface area (Å²) >= 11 is 0.985. The number of hydrogen-bond acceptors (Lipinski definition) is 4. The van der Waals surface area contributed by atoms with E-state index in [2.05, 4.69) is 0 Å². The molecular formula is C8H6N2O3S. The average Bonchev–Trinajstić information content (AvgIpc) is 2.57. The van der Waals surface area contributed by atoms with Crippen molar-refractivity contribution in [2.45, 2.75) is 0 Å². The number of aromatic nitrogens is 1. The molecule has 0 atom stereocenters. The van der Waals surface area contributed by atoms with Crippen molar-refractivity contribution >= 4 is 27.8 Å². The molecule has 72 valence electrons. The molecule has 0 amide bonds. The number of anilines is 1. The maximum absolute atomic E-state index is 11.3. The Bertz CT molecular complexity index is 569. The quantitative estimate of drug-likeness (QED) is 0.723. The summed E-state index contributed by atoms with van der Waals surface area (Å²) in [5.41, 5.74) is 5.72. The summed E-state index contributed by atoms with van der Waals surface area (Å²) in [4.78, 5) is 22.5. The van der Waals surface area contributed by atoms with E-state index in [1.165, 1.54) is 22.7 Å². The molecule has 2 aromatic rings. The van der Waals surface area contributed by atoms with Gasteiger partial charge >= 0.3 is 5.97 Å². The van der Waals surface area contributed by atoms with Crippen molar-refractivity contribution in [3.8, 4) is 0 Å². The second kappa shape index (κ2) is 2.85. The van der Waals surface area contributed by atoms with Crippen LogP contribution in [0.2, 0.25) is 0 Å². The number of carboxylic acids is 1. The molecule has 6 heteroatoms. The van der Waals surface area contributed by atoms with E-state index in [-0.39, 0.29) is 10.4 Å². The monoisotopic (exact) mass is 210 g/mol. The highest BCUT2D eigenvalue weighted by Gasteiger charge is 2.10. The summed E-state index contributed by atoms with van der Waals surface area (Å²) in [5.74, 6) is -1.06. The lowest BCUT2D eigenvalue weighted by Crippen LogP contribution is -2.10. The van der Waals surface area contributed by atoms with E-state index in [1.807, 2.05) is 0 Å². The van der Waals surface area contributed by atoms with Crippen LogP contribution in [0.5, 0.6) is 0 Å². The van der Waals surface area contributed by atoms with Crippen molar-refractivity contribution < 1.29 is 9.90 Å². The molecule has 14 heavy (non-hydrogen) atoms. The van der Waals surface area contributed by atoms with Gasteiger partial charge in [0.05, 0.1) is 5.69 Å². The van der Waals surface area contributed by atoms with Gasteiger partial charge in [-0.1, -0.05) is 0 Å². The molecule has 0 radical (unpaired) electrons. The van der Waals surface area contributed by atoms with Crippen LogP contribution in [0.15, 0.2) is 23.1 Å². The normalized spacial score (nSPS) is 10.6. The van der Waals surface area contributed by atoms with Gasteiger partial charge in [0.1, 0.15) is 9.71 Å². The fourth-order valence-electron chi connectivity index (χ4n) is 1.13. The van der Waals surface area contributed by atoms with Crippen molar-refractivity contribution in [1.82, 2.24) is 4.40 Å². The van der Waals surface area contributed by atoms with Crippen molar-refractivity contribution in [3.63, 3.8) is 0 Å². The molecule has 0 spiro atoms. The van der Waals surface area contributed by atoms with E-state index >= 15 is 0 Å². The zero-order valence-corrected chi connectivity index (χ0v) is 7.75. The summed E-state index contributed by atoms with van der Waals surface area (Å²) in [6.45, 7) is 0. The zero-order valence-electron chi connectivity index (χ0n) is 6.93. The number of carboxylic acid groups (broad SMARTS) is 1. The van der Waals surface area contributed by atoms with Gasteiger partial charge in [0, 0.05) is 12.3 Å². The van der Waals surface area contributed by atoms with Gasteiger partial charge in [-0.15, -0.1) is 11.3 Å². The molecule has 0 saturated carbocycles. The fourth-order valence-corrected chi connectivity index (χ4v) is 2.01. The van der Waals surface area contributed by atoms with E-state index in [1.54, 1.807) is 0 Å². The molecule has 0 fully saturated rings. The number of hydrogen-bond donors (Lipinski definition) is 2. The van der Waals surface area contributed by atoms with Gasteiger partial charge in [0.25, 0.3) is 5.56 Å². The van der Waals surface area contributed by atoms with Crippen LogP contribution in [0.25, 0.3) is 4.83 Å². The van der Waals surface area contributed by atoms with E-state index in [0.29, 0.717) is 10.5 Å². The number of nitrogens with zero attached hydrogens (tertiary/aromatic N) is 1. The van der Waals surface area contributed by atoms with E-state index in [9.17, 15) is 9.59 Å². The molecule has 0 aliphatic carbocycles. The maximum atomic E-state index is 11.3. The molecule has 2 heterocycles. The summed E-state index contributed by atoms with van der Waals surface area (Å²) < 4.78 is 1.24. The highest BCUT2D eigenvalue weighted by atomic mass is 32.1. The number of aromatic carboxylic acids is 1. The topological polar surface area (TPSA) is 84.8 Å². The molecular weight excluding hydrogens is 204 g/mol. The first-order chi connectivity index (χ1) is 6.59. The summed E-state index contributed by atoms with van der Waals surface area (Å²) in [6.07, 6.45) is 1.28. The SMILES string of the molecule is Nc1ccc(=O)n2cc(C(=O)O)sc12. The highest BCUT2D eigenvalue weighted by Crippen LogP contribution is 2.21. The van der Waals surface area contributed by atoms with Gasteiger partial charge < -0.3 is 10.8 Å². The second-order valence-electron chi connectivity index (χ2n) is 2.70. The lowest BCUT2D eigenvalue weighted by Gasteiger charge is -1.93. The smallest absolute Gasteiger partial charge is 0.347 e. The Morgan fingerprint density at radius 1 is 1.50 bits per heavy atom. The summed E-state index contributed by atoms with van der Waals surface area (Å²) in [7, 11) is 0. The van der Waals surface area contributed by atoms with Gasteiger partial charge in [-0.2, -0.15) is 0 Å². The Kier molecular flexibility index (Phi) is 1.78. The first kappa shape index (κ1) is 8.76. The van der Waals surface area contributed by atoms with E-state index < -0.39 is 5.97 Å². The minimum Gasteiger partial charge on any atom is -0.477 e. The van der Waals surface area contributed by atoms with Crippen LogP contribution >= 0.6 is 11.3 Å². The number of thiazole rings is 1. The predicted molar refractivity (Wildman–Crippen MR) is 52.9 cm³/mol. The Morgan fingerprint density at radius 2 is 2.21 bits per heavy atom. The standard InChI is InChI=1S/C8H6N2O3S/c9-4-1-2-6(11)10-3-5(8(12)13)14-7(4)10/h1-3H,9H2,(H,12,13). The van der Waals surface area contributed by atoms with Gasteiger partial charge in [-0.05, 0) is 6.07 Å². The second-order valence-corrected chi connectivity index (χ2v) is 3.73. The number of nitrogens with two attached hydrogens (primary N) is 1. The lowest BCUT2D eigenvalue weighted by atomic mass is 10.4. The summed E-state index contributed by atoms with van der Waals surface area (Å²) in [6, 6.07) is 2.78. The van der Waals surface area contributed by atoms with Crippen LogP contribution in [0.3, 0.4) is 0 Å². The van der Waals surface area contributed by atoms with Crippen LogP contribution in [0, 0.1) is 0 Å². The van der Waals surface area contributed by atoms with Gasteiger partial charge in [0.15, 0.2) is 0 Å². The maximum Gasteiger partial charge on any atom is 0.347 e. The van der Waals surface area contributed by atoms with Crippen molar-refractivity contribution in [1.29, 1.82) is 0 Å². The minimum absolute atomic E-state index is 0.0972. The van der Waals surface area contributed by atoms with Crippen molar-refractivity contribution in [2.75, 3.05) is 5.73 Å². The fraction of sp³-hybridized carbons (Fsp3) is 0. The van der Waals surface area contributed by atoms with Crippen molar-refractivity contribution in [2.24, 2.45) is 0 Å². The third-order valence-electron chi connectivity index (χ3n) is 1.77. The Morgan fingerprint density at radius 3 is 2.79 bits per heavy atom. The predicted octanol–water partition coefficient (Wildman–Crippen LogP) is 0.641. The lowest BCUT2D eigenvalue weighted by molar-refractivity contribution is 0.0702. The van der Waals surface area contributed by atoms with Gasteiger partial charge in [0.2, 0.25) is 0 Å². The number of nitrogen functional groups attached to an aromatic ring is 1. The highest BCUT2D eigenvalue weighted by molar-refractivity contribution is 7.19. The van der Waals surface area contributed by atoms with Crippen molar-refractivity contribution in [3.05, 3.63) is 33.6 Å². The largest absolute Gasteiger partial charge is 0.477 e. The molecule has 2 rings (SSSR count). The van der Waals surface area contributed by atoms with E-state index in [0.717, 1.165) is 11.3 Å². The molecule has 0 aromatic carbocycles. The minimum atomic E-state index is -1.06. The van der Waals surface area contributed by atoms with Crippen LogP contribution in [0.4, 0.5) is 5.69 Å². The molecule has 3 N–H and O–H groups in total. The van der Waals surface area contributed by atoms with Crippen LogP contribution in [-0.2, 0) is 0 Å². The van der Waals surface area contributed by atoms with Crippen LogP contribution < -0.4 is 11.3 Å². The van der Waals surface area contributed by atoms with Gasteiger partial charge in [-0.25, -0.2) is 4.79 Å². The van der Waals surface area contributed by atoms with Crippen LogP contribution in [0.1, 0.15) is 9.67 Å². The Balaban J connectivity index is 2.89. The van der Waals surface area contributed by atoms with Gasteiger partial charge in [-0.3, -0.25) is 9.20 Å². The first-order valence-electron chi connectivity index (χ1n) is 3.73. The Hall–Kier alpha value is -1.82. The summed E-state index contributed by atoms with van der Waals surface area (Å²) in [5, 5.41) is 8.72. The molecule has 5 nitrogen and oxygen atoms in total. The first-order valence-corrected chi connectivity index (χ1v) is 4.55. The molecule has 0 bridgehead atoms. The Labute approximate surface area is 82.0 Å². The average molecular weight is 210 g/mol. The zero-order chi connectivity index (χ0) is 10.3. The number of fused-ring (bicyclic) bond motifs is 1. The van der Waals surface area contributed by atoms with E-state index in [4.69, 9.17) is 10.8 Å².